The maximum Gasteiger partial charge on any atom is 0.0362 e. The minimum Gasteiger partial charge on any atom is -0.398 e. The standard InChI is InChI=1S/C12H16N2/c1-10(14-8-4-5-9-14)11-6-2-3-7-12(11)13/h2-7,10H,8-9,13H2,1H3. The summed E-state index contributed by atoms with van der Waals surface area (Å²) in [6.45, 7) is 4.28. The number of hydrogen-bond acceptors (Lipinski definition) is 2. The summed E-state index contributed by atoms with van der Waals surface area (Å²) in [6, 6.07) is 8.51. The molecular formula is C12H16N2. The van der Waals surface area contributed by atoms with Crippen molar-refractivity contribution >= 4 is 5.69 Å². The van der Waals surface area contributed by atoms with Crippen LogP contribution in [0.3, 0.4) is 0 Å². The van der Waals surface area contributed by atoms with Crippen LogP contribution in [0, 0.1) is 0 Å². The summed E-state index contributed by atoms with van der Waals surface area (Å²) in [6.07, 6.45) is 4.41. The molecule has 1 aliphatic rings. The molecule has 1 aromatic rings. The van der Waals surface area contributed by atoms with E-state index in [2.05, 4.69) is 30.0 Å². The van der Waals surface area contributed by atoms with E-state index in [0.717, 1.165) is 18.8 Å². The number of nitrogens with zero attached hydrogens (tertiary/aromatic N) is 1. The van der Waals surface area contributed by atoms with Gasteiger partial charge in [0.25, 0.3) is 0 Å². The molecule has 0 bridgehead atoms. The molecule has 14 heavy (non-hydrogen) atoms. The average molecular weight is 188 g/mol. The lowest BCUT2D eigenvalue weighted by Crippen LogP contribution is -2.24. The van der Waals surface area contributed by atoms with Gasteiger partial charge in [-0.25, -0.2) is 0 Å². The Morgan fingerprint density at radius 3 is 2.50 bits per heavy atom. The van der Waals surface area contributed by atoms with Crippen LogP contribution in [0.15, 0.2) is 36.4 Å². The molecule has 1 unspecified atom stereocenters. The molecule has 0 fully saturated rings. The zero-order valence-corrected chi connectivity index (χ0v) is 8.48. The third-order valence-corrected chi connectivity index (χ3v) is 2.84. The Kier molecular flexibility index (Phi) is 2.55. The van der Waals surface area contributed by atoms with Gasteiger partial charge in [-0.1, -0.05) is 30.4 Å². The van der Waals surface area contributed by atoms with Crippen LogP contribution in [-0.4, -0.2) is 18.0 Å². The summed E-state index contributed by atoms with van der Waals surface area (Å²) in [5.74, 6) is 0. The summed E-state index contributed by atoms with van der Waals surface area (Å²) >= 11 is 0. The Labute approximate surface area is 85.0 Å². The molecule has 2 rings (SSSR count). The highest BCUT2D eigenvalue weighted by atomic mass is 15.2. The quantitative estimate of drug-likeness (QED) is 0.569. The monoisotopic (exact) mass is 188 g/mol. The smallest absolute Gasteiger partial charge is 0.0362 e. The molecule has 1 aromatic carbocycles. The largest absolute Gasteiger partial charge is 0.398 e. The van der Waals surface area contributed by atoms with Crippen molar-refractivity contribution in [2.45, 2.75) is 13.0 Å². The fourth-order valence-electron chi connectivity index (χ4n) is 1.90. The number of nitrogens with two attached hydrogens (primary N) is 1. The molecule has 0 aromatic heterocycles. The van der Waals surface area contributed by atoms with Crippen molar-refractivity contribution in [1.29, 1.82) is 0 Å². The number of rotatable bonds is 2. The van der Waals surface area contributed by atoms with E-state index in [9.17, 15) is 0 Å². The zero-order valence-electron chi connectivity index (χ0n) is 8.48. The SMILES string of the molecule is CC(c1ccccc1N)N1CC=CC1. The van der Waals surface area contributed by atoms with Crippen LogP contribution in [0.4, 0.5) is 5.69 Å². The van der Waals surface area contributed by atoms with Crippen LogP contribution in [0.25, 0.3) is 0 Å². The third-order valence-electron chi connectivity index (χ3n) is 2.84. The topological polar surface area (TPSA) is 29.3 Å². The first-order chi connectivity index (χ1) is 6.79. The molecule has 1 atom stereocenters. The molecule has 0 amide bonds. The van der Waals surface area contributed by atoms with Gasteiger partial charge < -0.3 is 5.73 Å². The molecule has 0 saturated heterocycles. The van der Waals surface area contributed by atoms with Gasteiger partial charge in [0.15, 0.2) is 0 Å². The first kappa shape index (κ1) is 9.28. The summed E-state index contributed by atoms with van der Waals surface area (Å²) in [5, 5.41) is 0. The molecule has 0 saturated carbocycles. The van der Waals surface area contributed by atoms with E-state index in [-0.39, 0.29) is 0 Å². The van der Waals surface area contributed by atoms with Crippen molar-refractivity contribution in [2.75, 3.05) is 18.8 Å². The minimum absolute atomic E-state index is 0.409. The zero-order chi connectivity index (χ0) is 9.97. The fraction of sp³-hybridized carbons (Fsp3) is 0.333. The van der Waals surface area contributed by atoms with Crippen LogP contribution in [0.1, 0.15) is 18.5 Å². The Morgan fingerprint density at radius 2 is 1.86 bits per heavy atom. The van der Waals surface area contributed by atoms with E-state index in [1.165, 1.54) is 5.56 Å². The summed E-state index contributed by atoms with van der Waals surface area (Å²) in [5.41, 5.74) is 8.07. The Morgan fingerprint density at radius 1 is 1.21 bits per heavy atom. The third kappa shape index (κ3) is 1.66. The van der Waals surface area contributed by atoms with Gasteiger partial charge in [-0.3, -0.25) is 4.90 Å². The molecule has 2 N–H and O–H groups in total. The minimum atomic E-state index is 0.409. The maximum atomic E-state index is 5.94. The molecule has 74 valence electrons. The highest BCUT2D eigenvalue weighted by Gasteiger charge is 2.17. The maximum absolute atomic E-state index is 5.94. The highest BCUT2D eigenvalue weighted by molar-refractivity contribution is 5.48. The molecule has 2 heteroatoms. The van der Waals surface area contributed by atoms with Gasteiger partial charge in [0.05, 0.1) is 0 Å². The first-order valence-electron chi connectivity index (χ1n) is 5.02. The van der Waals surface area contributed by atoms with Gasteiger partial charge in [-0.05, 0) is 18.6 Å². The van der Waals surface area contributed by atoms with Gasteiger partial charge >= 0.3 is 0 Å². The predicted octanol–water partition coefficient (Wildman–Crippen LogP) is 2.20. The second-order valence-electron chi connectivity index (χ2n) is 3.73. The number of nitrogen functional groups attached to an aromatic ring is 1. The van der Waals surface area contributed by atoms with Gasteiger partial charge in [-0.2, -0.15) is 0 Å². The fourth-order valence-corrected chi connectivity index (χ4v) is 1.90. The van der Waals surface area contributed by atoms with Gasteiger partial charge in [0.2, 0.25) is 0 Å². The normalized spacial score (nSPS) is 18.6. The lowest BCUT2D eigenvalue weighted by Gasteiger charge is -2.25. The first-order valence-corrected chi connectivity index (χ1v) is 5.02. The molecular weight excluding hydrogens is 172 g/mol. The van der Waals surface area contributed by atoms with Crippen LogP contribution >= 0.6 is 0 Å². The molecule has 1 aliphatic heterocycles. The Bertz CT molecular complexity index is 336. The Hall–Kier alpha value is -1.28. The van der Waals surface area contributed by atoms with Crippen molar-refractivity contribution in [2.24, 2.45) is 0 Å². The molecule has 0 radical (unpaired) electrons. The van der Waals surface area contributed by atoms with Crippen molar-refractivity contribution in [3.63, 3.8) is 0 Å². The molecule has 0 aliphatic carbocycles. The molecule has 2 nitrogen and oxygen atoms in total. The summed E-state index contributed by atoms with van der Waals surface area (Å²) < 4.78 is 0. The molecule has 0 spiro atoms. The Balaban J connectivity index is 2.18. The van der Waals surface area contributed by atoms with E-state index in [1.807, 2.05) is 18.2 Å². The van der Waals surface area contributed by atoms with Crippen molar-refractivity contribution < 1.29 is 0 Å². The van der Waals surface area contributed by atoms with E-state index >= 15 is 0 Å². The number of anilines is 1. The van der Waals surface area contributed by atoms with Crippen LogP contribution in [0.5, 0.6) is 0 Å². The van der Waals surface area contributed by atoms with E-state index in [1.54, 1.807) is 0 Å². The second kappa shape index (κ2) is 3.84. The van der Waals surface area contributed by atoms with Gasteiger partial charge in [0, 0.05) is 24.8 Å². The van der Waals surface area contributed by atoms with E-state index < -0.39 is 0 Å². The lowest BCUT2D eigenvalue weighted by atomic mass is 10.1. The number of benzene rings is 1. The van der Waals surface area contributed by atoms with Gasteiger partial charge in [-0.15, -0.1) is 0 Å². The number of para-hydroxylation sites is 1. The van der Waals surface area contributed by atoms with Crippen molar-refractivity contribution in [1.82, 2.24) is 4.90 Å². The summed E-state index contributed by atoms with van der Waals surface area (Å²) in [4.78, 5) is 2.39. The van der Waals surface area contributed by atoms with Crippen LogP contribution in [-0.2, 0) is 0 Å². The van der Waals surface area contributed by atoms with E-state index in [0.29, 0.717) is 6.04 Å². The highest BCUT2D eigenvalue weighted by Crippen LogP contribution is 2.26. The lowest BCUT2D eigenvalue weighted by molar-refractivity contribution is 0.275. The summed E-state index contributed by atoms with van der Waals surface area (Å²) in [7, 11) is 0. The van der Waals surface area contributed by atoms with Crippen LogP contribution < -0.4 is 5.73 Å². The predicted molar refractivity (Wildman–Crippen MR) is 60.0 cm³/mol. The molecule has 1 heterocycles. The second-order valence-corrected chi connectivity index (χ2v) is 3.73. The number of hydrogen-bond donors (Lipinski definition) is 1. The van der Waals surface area contributed by atoms with Crippen molar-refractivity contribution in [3.05, 3.63) is 42.0 Å². The average Bonchev–Trinajstić information content (AvgIpc) is 2.70. The van der Waals surface area contributed by atoms with Crippen LogP contribution in [0.2, 0.25) is 0 Å². The van der Waals surface area contributed by atoms with E-state index in [4.69, 9.17) is 5.73 Å². The van der Waals surface area contributed by atoms with Crippen molar-refractivity contribution in [3.8, 4) is 0 Å². The van der Waals surface area contributed by atoms with Gasteiger partial charge in [0.1, 0.15) is 0 Å².